The van der Waals surface area contributed by atoms with Crippen LogP contribution in [0.15, 0.2) is 23.1 Å². The molecule has 0 aliphatic rings. The van der Waals surface area contributed by atoms with Gasteiger partial charge in [-0.05, 0) is 24.2 Å². The molecule has 2 N–H and O–H groups in total. The fourth-order valence-electron chi connectivity index (χ4n) is 1.31. The van der Waals surface area contributed by atoms with Gasteiger partial charge in [0.2, 0.25) is 0 Å². The number of aryl methyl sites for hydroxylation is 1. The normalized spacial score (nSPS) is 10.9. The van der Waals surface area contributed by atoms with Gasteiger partial charge in [0.05, 0.1) is 0 Å². The first-order valence-corrected chi connectivity index (χ1v) is 6.79. The molecule has 4 heteroatoms. The molecule has 3 nitrogen and oxygen atoms in total. The van der Waals surface area contributed by atoms with Crippen LogP contribution >= 0.6 is 11.8 Å². The Balaban J connectivity index is 2.32. The highest BCUT2D eigenvalue weighted by Gasteiger charge is 1.98. The monoisotopic (exact) mass is 240 g/mol. The highest BCUT2D eigenvalue weighted by atomic mass is 32.2. The van der Waals surface area contributed by atoms with Crippen LogP contribution in [0.5, 0.6) is 0 Å². The number of thioether (sulfide) groups is 1. The van der Waals surface area contributed by atoms with Gasteiger partial charge in [-0.15, -0.1) is 0 Å². The summed E-state index contributed by atoms with van der Waals surface area (Å²) < 4.78 is 1.68. The van der Waals surface area contributed by atoms with E-state index in [1.807, 2.05) is 11.8 Å². The molecule has 0 bridgehead atoms. The van der Waals surface area contributed by atoms with Crippen LogP contribution in [0, 0.1) is 5.92 Å². The van der Waals surface area contributed by atoms with Crippen molar-refractivity contribution >= 4 is 17.4 Å². The molecule has 1 aromatic rings. The minimum absolute atomic E-state index is 0.0265. The van der Waals surface area contributed by atoms with Crippen LogP contribution in [-0.2, 0) is 6.54 Å². The van der Waals surface area contributed by atoms with Crippen molar-refractivity contribution in [3.05, 3.63) is 28.7 Å². The van der Waals surface area contributed by atoms with Gasteiger partial charge in [0, 0.05) is 30.2 Å². The SMILES string of the molecule is CC(C)CCSCCn1cc(N)ccc1=O. The number of hydrogen-bond donors (Lipinski definition) is 1. The first kappa shape index (κ1) is 13.2. The van der Waals surface area contributed by atoms with Gasteiger partial charge in [0.25, 0.3) is 5.56 Å². The zero-order valence-corrected chi connectivity index (χ0v) is 10.8. The summed E-state index contributed by atoms with van der Waals surface area (Å²) in [6, 6.07) is 3.17. The zero-order chi connectivity index (χ0) is 12.0. The van der Waals surface area contributed by atoms with Crippen LogP contribution in [0.1, 0.15) is 20.3 Å². The highest BCUT2D eigenvalue weighted by Crippen LogP contribution is 2.09. The van der Waals surface area contributed by atoms with Crippen LogP contribution in [0.4, 0.5) is 5.69 Å². The van der Waals surface area contributed by atoms with Gasteiger partial charge >= 0.3 is 0 Å². The van der Waals surface area contributed by atoms with Crippen molar-refractivity contribution < 1.29 is 0 Å². The van der Waals surface area contributed by atoms with Crippen LogP contribution in [0.2, 0.25) is 0 Å². The molecule has 0 radical (unpaired) electrons. The Bertz CT molecular complexity index is 374. The first-order valence-electron chi connectivity index (χ1n) is 5.63. The number of nitrogens with two attached hydrogens (primary N) is 1. The highest BCUT2D eigenvalue weighted by molar-refractivity contribution is 7.99. The van der Waals surface area contributed by atoms with Gasteiger partial charge in [0.15, 0.2) is 0 Å². The summed E-state index contributed by atoms with van der Waals surface area (Å²) in [6.45, 7) is 5.19. The molecule has 0 aliphatic carbocycles. The van der Waals surface area contributed by atoms with E-state index in [-0.39, 0.29) is 5.56 Å². The molecule has 0 spiro atoms. The van der Waals surface area contributed by atoms with Gasteiger partial charge < -0.3 is 10.3 Å². The third kappa shape index (κ3) is 4.75. The molecule has 16 heavy (non-hydrogen) atoms. The lowest BCUT2D eigenvalue weighted by molar-refractivity contribution is 0.631. The zero-order valence-electron chi connectivity index (χ0n) is 9.98. The van der Waals surface area contributed by atoms with Crippen molar-refractivity contribution in [2.75, 3.05) is 17.2 Å². The maximum Gasteiger partial charge on any atom is 0.250 e. The predicted molar refractivity (Wildman–Crippen MR) is 71.9 cm³/mol. The van der Waals surface area contributed by atoms with E-state index < -0.39 is 0 Å². The largest absolute Gasteiger partial charge is 0.398 e. The summed E-state index contributed by atoms with van der Waals surface area (Å²) >= 11 is 1.89. The fraction of sp³-hybridized carbons (Fsp3) is 0.583. The molecule has 1 heterocycles. The van der Waals surface area contributed by atoms with E-state index in [1.165, 1.54) is 12.5 Å². The minimum Gasteiger partial charge on any atom is -0.398 e. The van der Waals surface area contributed by atoms with E-state index in [2.05, 4.69) is 13.8 Å². The number of hydrogen-bond acceptors (Lipinski definition) is 3. The first-order chi connectivity index (χ1) is 7.59. The molecule has 0 amide bonds. The molecule has 0 fully saturated rings. The lowest BCUT2D eigenvalue weighted by atomic mass is 10.2. The third-order valence-corrected chi connectivity index (χ3v) is 3.32. The van der Waals surface area contributed by atoms with Gasteiger partial charge in [-0.1, -0.05) is 13.8 Å². The fourth-order valence-corrected chi connectivity index (χ4v) is 2.48. The Kier molecular flexibility index (Phi) is 5.46. The molecular formula is C12H20N2OS. The average molecular weight is 240 g/mol. The second kappa shape index (κ2) is 6.63. The van der Waals surface area contributed by atoms with Gasteiger partial charge in [-0.25, -0.2) is 0 Å². The van der Waals surface area contributed by atoms with Gasteiger partial charge in [-0.3, -0.25) is 4.79 Å². The summed E-state index contributed by atoms with van der Waals surface area (Å²) in [4.78, 5) is 11.4. The molecule has 1 aromatic heterocycles. The molecule has 90 valence electrons. The second-order valence-corrected chi connectivity index (χ2v) is 5.51. The third-order valence-electron chi connectivity index (χ3n) is 2.32. The topological polar surface area (TPSA) is 48.0 Å². The summed E-state index contributed by atoms with van der Waals surface area (Å²) in [5.74, 6) is 2.88. The Hall–Kier alpha value is -0.900. The van der Waals surface area contributed by atoms with Crippen molar-refractivity contribution in [2.45, 2.75) is 26.8 Å². The minimum atomic E-state index is 0.0265. The Morgan fingerprint density at radius 2 is 2.12 bits per heavy atom. The van der Waals surface area contributed by atoms with Crippen LogP contribution in [0.3, 0.4) is 0 Å². The summed E-state index contributed by atoms with van der Waals surface area (Å²) in [7, 11) is 0. The molecule has 0 aliphatic heterocycles. The van der Waals surface area contributed by atoms with Gasteiger partial charge in [0.1, 0.15) is 0 Å². The van der Waals surface area contributed by atoms with E-state index in [0.717, 1.165) is 24.0 Å². The van der Waals surface area contributed by atoms with Gasteiger partial charge in [-0.2, -0.15) is 11.8 Å². The number of nitrogen functional groups attached to an aromatic ring is 1. The summed E-state index contributed by atoms with van der Waals surface area (Å²) in [5.41, 5.74) is 6.30. The smallest absolute Gasteiger partial charge is 0.250 e. The number of anilines is 1. The van der Waals surface area contributed by atoms with Crippen molar-refractivity contribution in [1.82, 2.24) is 4.57 Å². The maximum atomic E-state index is 11.4. The van der Waals surface area contributed by atoms with Crippen molar-refractivity contribution in [3.8, 4) is 0 Å². The number of rotatable bonds is 6. The lowest BCUT2D eigenvalue weighted by Crippen LogP contribution is -2.20. The predicted octanol–water partition coefficient (Wildman–Crippen LogP) is 2.21. The van der Waals surface area contributed by atoms with Crippen LogP contribution in [0.25, 0.3) is 0 Å². The van der Waals surface area contributed by atoms with E-state index >= 15 is 0 Å². The molecule has 0 unspecified atom stereocenters. The molecule has 0 saturated carbocycles. The quantitative estimate of drug-likeness (QED) is 0.776. The maximum absolute atomic E-state index is 11.4. The van der Waals surface area contributed by atoms with Crippen LogP contribution in [-0.4, -0.2) is 16.1 Å². The van der Waals surface area contributed by atoms with Crippen molar-refractivity contribution in [1.29, 1.82) is 0 Å². The average Bonchev–Trinajstić information content (AvgIpc) is 2.22. The standard InChI is InChI=1S/C12H20N2OS/c1-10(2)5-7-16-8-6-14-9-11(13)3-4-12(14)15/h3-4,9-10H,5-8,13H2,1-2H3. The molecular weight excluding hydrogens is 220 g/mol. The summed E-state index contributed by atoms with van der Waals surface area (Å²) in [5, 5.41) is 0. The number of nitrogens with zero attached hydrogens (tertiary/aromatic N) is 1. The molecule has 1 rings (SSSR count). The van der Waals surface area contributed by atoms with E-state index in [0.29, 0.717) is 5.69 Å². The van der Waals surface area contributed by atoms with Crippen molar-refractivity contribution in [3.63, 3.8) is 0 Å². The number of pyridine rings is 1. The van der Waals surface area contributed by atoms with Crippen LogP contribution < -0.4 is 11.3 Å². The lowest BCUT2D eigenvalue weighted by Gasteiger charge is -2.07. The van der Waals surface area contributed by atoms with E-state index in [1.54, 1.807) is 16.8 Å². The Labute approximate surface area is 101 Å². The molecule has 0 saturated heterocycles. The molecule has 0 aromatic carbocycles. The molecule has 0 atom stereocenters. The number of aromatic nitrogens is 1. The Morgan fingerprint density at radius 3 is 2.81 bits per heavy atom. The second-order valence-electron chi connectivity index (χ2n) is 4.29. The summed E-state index contributed by atoms with van der Waals surface area (Å²) in [6.07, 6.45) is 2.95. The van der Waals surface area contributed by atoms with E-state index in [4.69, 9.17) is 5.73 Å². The van der Waals surface area contributed by atoms with Crippen molar-refractivity contribution in [2.24, 2.45) is 5.92 Å². The Morgan fingerprint density at radius 1 is 1.38 bits per heavy atom. The van der Waals surface area contributed by atoms with E-state index in [9.17, 15) is 4.79 Å².